The van der Waals surface area contributed by atoms with Crippen molar-refractivity contribution in [3.05, 3.63) is 35.4 Å². The summed E-state index contributed by atoms with van der Waals surface area (Å²) in [4.78, 5) is 1.34. The van der Waals surface area contributed by atoms with Crippen molar-refractivity contribution in [3.8, 4) is 0 Å². The smallest absolute Gasteiger partial charge is 0.302 e. The molecule has 0 amide bonds. The molecule has 0 radical (unpaired) electrons. The van der Waals surface area contributed by atoms with E-state index in [0.717, 1.165) is 12.1 Å². The van der Waals surface area contributed by atoms with Crippen molar-refractivity contribution in [3.63, 3.8) is 0 Å². The number of nitrogens with zero attached hydrogens (tertiary/aromatic N) is 1. The third-order valence-corrected chi connectivity index (χ3v) is 2.48. The van der Waals surface area contributed by atoms with E-state index < -0.39 is 24.3 Å². The van der Waals surface area contributed by atoms with Gasteiger partial charge in [-0.15, -0.1) is 0 Å². The summed E-state index contributed by atoms with van der Waals surface area (Å²) >= 11 is 0. The zero-order chi connectivity index (χ0) is 14.7. The van der Waals surface area contributed by atoms with Gasteiger partial charge in [0.15, 0.2) is 0 Å². The van der Waals surface area contributed by atoms with Gasteiger partial charge in [-0.1, -0.05) is 18.2 Å². The molecular formula is C12H13F6N. The zero-order valence-electron chi connectivity index (χ0n) is 10.1. The Morgan fingerprint density at radius 1 is 1.05 bits per heavy atom. The molecule has 19 heavy (non-hydrogen) atoms. The van der Waals surface area contributed by atoms with Crippen LogP contribution >= 0.6 is 0 Å². The Hall–Kier alpha value is -1.24. The number of hydrogen-bond donors (Lipinski definition) is 0. The average molecular weight is 285 g/mol. The molecule has 0 aromatic heterocycles. The monoisotopic (exact) mass is 285 g/mol. The van der Waals surface area contributed by atoms with Crippen LogP contribution in [0.2, 0.25) is 0 Å². The molecule has 0 aliphatic carbocycles. The second-order valence-electron chi connectivity index (χ2n) is 4.30. The summed E-state index contributed by atoms with van der Waals surface area (Å²) in [5.74, 6) is 0. The van der Waals surface area contributed by atoms with Crippen LogP contribution < -0.4 is 0 Å². The zero-order valence-corrected chi connectivity index (χ0v) is 10.1. The van der Waals surface area contributed by atoms with Crippen molar-refractivity contribution < 1.29 is 26.3 Å². The normalized spacial score (nSPS) is 13.1. The summed E-state index contributed by atoms with van der Waals surface area (Å²) in [5, 5.41) is 0. The standard InChI is InChI=1S/C12H13F6N/c1-19(6-5-11(13,14)15)8-9-3-2-4-10(7-9)12(16,17)18/h2-4,7H,5-6,8H2,1H3. The molecule has 0 saturated carbocycles. The maximum atomic E-state index is 12.4. The van der Waals surface area contributed by atoms with Gasteiger partial charge in [0.25, 0.3) is 0 Å². The van der Waals surface area contributed by atoms with Crippen molar-refractivity contribution in [2.75, 3.05) is 13.6 Å². The number of alkyl halides is 6. The molecule has 108 valence electrons. The van der Waals surface area contributed by atoms with Crippen molar-refractivity contribution in [2.24, 2.45) is 0 Å². The maximum absolute atomic E-state index is 12.4. The Labute approximate surface area is 106 Å². The van der Waals surface area contributed by atoms with Gasteiger partial charge in [-0.3, -0.25) is 0 Å². The first-order valence-electron chi connectivity index (χ1n) is 5.49. The minimum Gasteiger partial charge on any atom is -0.302 e. The minimum atomic E-state index is -4.44. The summed E-state index contributed by atoms with van der Waals surface area (Å²) < 4.78 is 73.3. The highest BCUT2D eigenvalue weighted by Gasteiger charge is 2.30. The molecule has 0 N–H and O–H groups in total. The molecule has 7 heteroatoms. The molecule has 1 aromatic carbocycles. The van der Waals surface area contributed by atoms with E-state index in [0.29, 0.717) is 5.56 Å². The van der Waals surface area contributed by atoms with E-state index in [-0.39, 0.29) is 13.1 Å². The van der Waals surface area contributed by atoms with Gasteiger partial charge in [0.1, 0.15) is 0 Å². The van der Waals surface area contributed by atoms with Crippen LogP contribution in [0.3, 0.4) is 0 Å². The quantitative estimate of drug-likeness (QED) is 0.753. The Kier molecular flexibility index (Phi) is 4.84. The predicted octanol–water partition coefficient (Wildman–Crippen LogP) is 4.09. The highest BCUT2D eigenvalue weighted by molar-refractivity contribution is 5.25. The number of rotatable bonds is 4. The van der Waals surface area contributed by atoms with E-state index in [1.165, 1.54) is 24.1 Å². The molecule has 0 aliphatic heterocycles. The van der Waals surface area contributed by atoms with Gasteiger partial charge in [-0.2, -0.15) is 26.3 Å². The average Bonchev–Trinajstić information content (AvgIpc) is 2.25. The largest absolute Gasteiger partial charge is 0.416 e. The van der Waals surface area contributed by atoms with Crippen LogP contribution in [-0.4, -0.2) is 24.7 Å². The van der Waals surface area contributed by atoms with E-state index in [1.54, 1.807) is 0 Å². The van der Waals surface area contributed by atoms with E-state index >= 15 is 0 Å². The van der Waals surface area contributed by atoms with E-state index in [2.05, 4.69) is 0 Å². The second kappa shape index (κ2) is 5.81. The van der Waals surface area contributed by atoms with Crippen molar-refractivity contribution in [2.45, 2.75) is 25.3 Å². The van der Waals surface area contributed by atoms with Crippen LogP contribution in [0.15, 0.2) is 24.3 Å². The first kappa shape index (κ1) is 15.8. The second-order valence-corrected chi connectivity index (χ2v) is 4.30. The molecule has 0 unspecified atom stereocenters. The van der Waals surface area contributed by atoms with Crippen LogP contribution in [0.1, 0.15) is 17.5 Å². The van der Waals surface area contributed by atoms with Gasteiger partial charge < -0.3 is 4.90 Å². The fourth-order valence-corrected chi connectivity index (χ4v) is 1.55. The van der Waals surface area contributed by atoms with Gasteiger partial charge in [0.05, 0.1) is 12.0 Å². The lowest BCUT2D eigenvalue weighted by atomic mass is 10.1. The molecular weight excluding hydrogens is 272 g/mol. The third kappa shape index (κ3) is 5.96. The maximum Gasteiger partial charge on any atom is 0.416 e. The van der Waals surface area contributed by atoms with Gasteiger partial charge in [-0.05, 0) is 18.7 Å². The van der Waals surface area contributed by atoms with Crippen LogP contribution in [0.25, 0.3) is 0 Å². The summed E-state index contributed by atoms with van der Waals surface area (Å²) in [7, 11) is 1.44. The van der Waals surface area contributed by atoms with E-state index in [4.69, 9.17) is 0 Å². The number of halogens is 6. The topological polar surface area (TPSA) is 3.24 Å². The Morgan fingerprint density at radius 2 is 1.68 bits per heavy atom. The molecule has 0 atom stereocenters. The Morgan fingerprint density at radius 3 is 2.21 bits per heavy atom. The highest BCUT2D eigenvalue weighted by Crippen LogP contribution is 2.29. The molecule has 0 heterocycles. The molecule has 0 saturated heterocycles. The minimum absolute atomic E-state index is 0.0417. The molecule has 0 bridgehead atoms. The Bertz CT molecular complexity index is 409. The molecule has 1 nitrogen and oxygen atoms in total. The summed E-state index contributed by atoms with van der Waals surface area (Å²) in [5.41, 5.74) is -0.464. The lowest BCUT2D eigenvalue weighted by Crippen LogP contribution is -2.24. The van der Waals surface area contributed by atoms with Gasteiger partial charge in [0.2, 0.25) is 0 Å². The fraction of sp³-hybridized carbons (Fsp3) is 0.500. The fourth-order valence-electron chi connectivity index (χ4n) is 1.55. The van der Waals surface area contributed by atoms with E-state index in [1.807, 2.05) is 0 Å². The molecule has 1 rings (SSSR count). The van der Waals surface area contributed by atoms with Crippen molar-refractivity contribution >= 4 is 0 Å². The van der Waals surface area contributed by atoms with Crippen LogP contribution in [0.5, 0.6) is 0 Å². The molecule has 0 fully saturated rings. The van der Waals surface area contributed by atoms with Gasteiger partial charge in [-0.25, -0.2) is 0 Å². The van der Waals surface area contributed by atoms with Gasteiger partial charge in [0, 0.05) is 13.1 Å². The van der Waals surface area contributed by atoms with E-state index in [9.17, 15) is 26.3 Å². The number of benzene rings is 1. The first-order chi connectivity index (χ1) is 8.58. The molecule has 1 aromatic rings. The Balaban J connectivity index is 2.62. The molecule has 0 aliphatic rings. The van der Waals surface area contributed by atoms with Crippen LogP contribution in [0, 0.1) is 0 Å². The highest BCUT2D eigenvalue weighted by atomic mass is 19.4. The van der Waals surface area contributed by atoms with Crippen LogP contribution in [0.4, 0.5) is 26.3 Å². The summed E-state index contributed by atoms with van der Waals surface area (Å²) in [6.45, 7) is -0.209. The van der Waals surface area contributed by atoms with Crippen molar-refractivity contribution in [1.82, 2.24) is 4.90 Å². The SMILES string of the molecule is CN(CCC(F)(F)F)Cc1cccc(C(F)(F)F)c1. The van der Waals surface area contributed by atoms with Gasteiger partial charge >= 0.3 is 12.4 Å². The predicted molar refractivity (Wildman–Crippen MR) is 58.5 cm³/mol. The summed E-state index contributed by atoms with van der Waals surface area (Å²) in [6.07, 6.45) is -9.69. The lowest BCUT2D eigenvalue weighted by Gasteiger charge is -2.18. The van der Waals surface area contributed by atoms with Crippen molar-refractivity contribution in [1.29, 1.82) is 0 Å². The molecule has 0 spiro atoms. The number of hydrogen-bond acceptors (Lipinski definition) is 1. The first-order valence-corrected chi connectivity index (χ1v) is 5.49. The lowest BCUT2D eigenvalue weighted by molar-refractivity contribution is -0.138. The third-order valence-electron chi connectivity index (χ3n) is 2.48. The summed E-state index contributed by atoms with van der Waals surface area (Å²) in [6, 6.07) is 4.58. The van der Waals surface area contributed by atoms with Crippen LogP contribution in [-0.2, 0) is 12.7 Å².